The van der Waals surface area contributed by atoms with Gasteiger partial charge < -0.3 is 40.6 Å². The second-order valence-corrected chi connectivity index (χ2v) is 7.37. The van der Waals surface area contributed by atoms with Gasteiger partial charge in [0.25, 0.3) is 0 Å². The summed E-state index contributed by atoms with van der Waals surface area (Å²) >= 11 is 0. The fraction of sp³-hybridized carbons (Fsp3) is 1.00. The Kier molecular flexibility index (Phi) is 4.83. The second kappa shape index (κ2) is 6.77. The lowest BCUT2D eigenvalue weighted by atomic mass is 9.82. The number of hydrogen-bond acceptors (Lipinski definition) is 8. The molecule has 0 aromatic heterocycles. The number of rotatable bonds is 1. The summed E-state index contributed by atoms with van der Waals surface area (Å²) in [4.78, 5) is 0. The van der Waals surface area contributed by atoms with Crippen molar-refractivity contribution < 1.29 is 29.2 Å². The third-order valence-corrected chi connectivity index (χ3v) is 5.83. The maximum atomic E-state index is 10.7. The summed E-state index contributed by atoms with van der Waals surface area (Å²) < 4.78 is 23.5. The van der Waals surface area contributed by atoms with Crippen molar-refractivity contribution in [3.8, 4) is 0 Å². The van der Waals surface area contributed by atoms with Gasteiger partial charge in [-0.3, -0.25) is 0 Å². The molecule has 4 saturated heterocycles. The van der Waals surface area contributed by atoms with Crippen LogP contribution in [-0.2, 0) is 18.9 Å². The van der Waals surface area contributed by atoms with Gasteiger partial charge in [-0.25, -0.2) is 0 Å². The molecule has 8 heteroatoms. The first kappa shape index (κ1) is 17.1. The van der Waals surface area contributed by atoms with Crippen LogP contribution >= 0.6 is 0 Å². The number of hydrogen-bond donors (Lipinski definition) is 4. The van der Waals surface area contributed by atoms with Crippen LogP contribution < -0.4 is 11.5 Å². The van der Waals surface area contributed by atoms with Crippen molar-refractivity contribution in [3.05, 3.63) is 0 Å². The van der Waals surface area contributed by atoms with Gasteiger partial charge in [-0.1, -0.05) is 0 Å². The summed E-state index contributed by atoms with van der Waals surface area (Å²) in [5.41, 5.74) is 12.4. The summed E-state index contributed by atoms with van der Waals surface area (Å²) in [7, 11) is 0. The summed E-state index contributed by atoms with van der Waals surface area (Å²) in [6.07, 6.45) is -0.794. The zero-order valence-electron chi connectivity index (χ0n) is 13.7. The minimum absolute atomic E-state index is 0.171. The van der Waals surface area contributed by atoms with Crippen LogP contribution in [0.2, 0.25) is 0 Å². The lowest BCUT2D eigenvalue weighted by molar-refractivity contribution is -0.280. The smallest absolute Gasteiger partial charge is 0.113 e. The van der Waals surface area contributed by atoms with E-state index in [1.807, 2.05) is 0 Å². The molecule has 0 aromatic rings. The SMILES string of the molecule is N[C@@H]1[C@@H](O)[C@H]([C@H]2O[C@H]3CCCO[C@@H]3[C@H](O)[C@H]2N)O[C@H]2CCCO[C@H]12. The van der Waals surface area contributed by atoms with Crippen LogP contribution in [0.4, 0.5) is 0 Å². The van der Waals surface area contributed by atoms with Gasteiger partial charge in [-0.2, -0.15) is 0 Å². The van der Waals surface area contributed by atoms with Crippen molar-refractivity contribution in [1.29, 1.82) is 0 Å². The van der Waals surface area contributed by atoms with Crippen molar-refractivity contribution in [2.24, 2.45) is 11.5 Å². The van der Waals surface area contributed by atoms with Gasteiger partial charge in [0.1, 0.15) is 36.6 Å². The van der Waals surface area contributed by atoms with Gasteiger partial charge in [-0.05, 0) is 25.7 Å². The van der Waals surface area contributed by atoms with Gasteiger partial charge in [0.05, 0.1) is 24.3 Å². The summed E-state index contributed by atoms with van der Waals surface area (Å²) in [5.74, 6) is 0. The van der Waals surface area contributed by atoms with E-state index >= 15 is 0 Å². The largest absolute Gasteiger partial charge is 0.389 e. The molecule has 0 bridgehead atoms. The number of aliphatic hydroxyl groups excluding tert-OH is 2. The van der Waals surface area contributed by atoms with E-state index in [0.29, 0.717) is 13.2 Å². The van der Waals surface area contributed by atoms with Crippen molar-refractivity contribution in [3.63, 3.8) is 0 Å². The van der Waals surface area contributed by atoms with Crippen molar-refractivity contribution in [2.75, 3.05) is 13.2 Å². The Labute approximate surface area is 141 Å². The van der Waals surface area contributed by atoms with Gasteiger partial charge in [-0.15, -0.1) is 0 Å². The molecule has 24 heavy (non-hydrogen) atoms. The van der Waals surface area contributed by atoms with Crippen LogP contribution in [0.25, 0.3) is 0 Å². The molecule has 6 N–H and O–H groups in total. The topological polar surface area (TPSA) is 129 Å². The van der Waals surface area contributed by atoms with Gasteiger partial charge in [0.15, 0.2) is 0 Å². The molecule has 4 fully saturated rings. The quantitative estimate of drug-likeness (QED) is 0.441. The first-order chi connectivity index (χ1) is 11.6. The van der Waals surface area contributed by atoms with Crippen LogP contribution in [0.5, 0.6) is 0 Å². The minimum Gasteiger partial charge on any atom is -0.389 e. The van der Waals surface area contributed by atoms with E-state index < -0.39 is 42.6 Å². The molecule has 4 rings (SSSR count). The maximum Gasteiger partial charge on any atom is 0.113 e. The Hall–Kier alpha value is -0.320. The summed E-state index contributed by atoms with van der Waals surface area (Å²) in [5, 5.41) is 21.2. The molecule has 0 saturated carbocycles. The molecule has 0 radical (unpaired) electrons. The third kappa shape index (κ3) is 2.79. The first-order valence-corrected chi connectivity index (χ1v) is 8.99. The molecule has 8 nitrogen and oxygen atoms in total. The monoisotopic (exact) mass is 344 g/mol. The highest BCUT2D eigenvalue weighted by Crippen LogP contribution is 2.36. The molecule has 0 amide bonds. The molecule has 0 aliphatic carbocycles. The van der Waals surface area contributed by atoms with E-state index in [1.165, 1.54) is 0 Å². The normalized spacial score (nSPS) is 55.5. The highest BCUT2D eigenvalue weighted by Gasteiger charge is 2.54. The molecule has 0 unspecified atom stereocenters. The minimum atomic E-state index is -0.950. The average Bonchev–Trinajstić information content (AvgIpc) is 2.61. The Bertz CT molecular complexity index is 410. The second-order valence-electron chi connectivity index (χ2n) is 7.37. The van der Waals surface area contributed by atoms with E-state index in [4.69, 9.17) is 30.4 Å². The Balaban J connectivity index is 1.53. The number of nitrogens with two attached hydrogens (primary N) is 2. The highest BCUT2D eigenvalue weighted by atomic mass is 16.6. The van der Waals surface area contributed by atoms with Crippen LogP contribution in [0.3, 0.4) is 0 Å². The standard InChI is InChI=1S/C16H28N2O6/c17-9-12(20)16(24-7-3-1-5-21-13(7)9)15-10(18)11(19)14-8(23-15)4-2-6-22-14/h7-16,19-20H,1-6,17-18H2/t7-,8-,9+,10+,11+,12+,13-,14-,15-,16+/m0/s1. The molecule has 138 valence electrons. The molecule has 4 heterocycles. The summed E-state index contributed by atoms with van der Waals surface area (Å²) in [6.45, 7) is 1.24. The average molecular weight is 344 g/mol. The molecular formula is C16H28N2O6. The predicted octanol–water partition coefficient (Wildman–Crippen LogP) is -1.74. The fourth-order valence-electron chi connectivity index (χ4n) is 4.49. The number of fused-ring (bicyclic) bond motifs is 2. The Morgan fingerprint density at radius 2 is 1.17 bits per heavy atom. The lowest BCUT2D eigenvalue weighted by Gasteiger charge is -2.52. The Morgan fingerprint density at radius 1 is 0.667 bits per heavy atom. The molecule has 4 aliphatic heterocycles. The van der Waals surface area contributed by atoms with Crippen LogP contribution in [0.1, 0.15) is 25.7 Å². The van der Waals surface area contributed by atoms with Crippen LogP contribution in [0, 0.1) is 0 Å². The fourth-order valence-corrected chi connectivity index (χ4v) is 4.49. The van der Waals surface area contributed by atoms with Gasteiger partial charge in [0.2, 0.25) is 0 Å². The van der Waals surface area contributed by atoms with Gasteiger partial charge in [0, 0.05) is 13.2 Å². The molecule has 10 atom stereocenters. The molecular weight excluding hydrogens is 316 g/mol. The van der Waals surface area contributed by atoms with E-state index in [-0.39, 0.29) is 18.3 Å². The van der Waals surface area contributed by atoms with Gasteiger partial charge >= 0.3 is 0 Å². The van der Waals surface area contributed by atoms with E-state index in [9.17, 15) is 10.2 Å². The van der Waals surface area contributed by atoms with Crippen molar-refractivity contribution in [1.82, 2.24) is 0 Å². The predicted molar refractivity (Wildman–Crippen MR) is 83.2 cm³/mol. The van der Waals surface area contributed by atoms with Crippen LogP contribution in [-0.4, -0.2) is 84.3 Å². The maximum absolute atomic E-state index is 10.7. The first-order valence-electron chi connectivity index (χ1n) is 8.99. The molecule has 0 spiro atoms. The zero-order chi connectivity index (χ0) is 16.8. The number of aliphatic hydroxyl groups is 2. The highest BCUT2D eigenvalue weighted by molar-refractivity contribution is 5.06. The third-order valence-electron chi connectivity index (χ3n) is 5.83. The Morgan fingerprint density at radius 3 is 1.88 bits per heavy atom. The van der Waals surface area contributed by atoms with Crippen molar-refractivity contribution in [2.45, 2.75) is 86.6 Å². The lowest BCUT2D eigenvalue weighted by Crippen LogP contribution is -2.72. The van der Waals surface area contributed by atoms with Crippen molar-refractivity contribution >= 4 is 0 Å². The number of ether oxygens (including phenoxy) is 4. The van der Waals surface area contributed by atoms with E-state index in [1.54, 1.807) is 0 Å². The summed E-state index contributed by atoms with van der Waals surface area (Å²) in [6, 6.07) is -1.25. The van der Waals surface area contributed by atoms with E-state index in [2.05, 4.69) is 0 Å². The zero-order valence-corrected chi connectivity index (χ0v) is 13.7. The molecule has 0 aromatic carbocycles. The molecule has 4 aliphatic rings. The van der Waals surface area contributed by atoms with Crippen LogP contribution in [0.15, 0.2) is 0 Å². The van der Waals surface area contributed by atoms with E-state index in [0.717, 1.165) is 25.7 Å².